The van der Waals surface area contributed by atoms with E-state index in [1.54, 1.807) is 0 Å². The molecule has 6 heteroatoms. The predicted molar refractivity (Wildman–Crippen MR) is 138 cm³/mol. The van der Waals surface area contributed by atoms with E-state index in [0.29, 0.717) is 24.3 Å². The van der Waals surface area contributed by atoms with Crippen LogP contribution in [-0.4, -0.2) is 25.2 Å². The number of nitrogen functional groups attached to an aromatic ring is 1. The zero-order valence-corrected chi connectivity index (χ0v) is 20.5. The van der Waals surface area contributed by atoms with Crippen LogP contribution in [0.1, 0.15) is 69.0 Å². The van der Waals surface area contributed by atoms with E-state index in [9.17, 15) is 5.11 Å². The number of nitrogens with two attached hydrogens (primary N) is 1. The van der Waals surface area contributed by atoms with Gasteiger partial charge in [0.2, 0.25) is 0 Å². The van der Waals surface area contributed by atoms with Crippen molar-refractivity contribution in [3.63, 3.8) is 0 Å². The smallest absolute Gasteiger partial charge is 0.152 e. The molecule has 176 valence electrons. The summed E-state index contributed by atoms with van der Waals surface area (Å²) in [5, 5.41) is 20.5. The van der Waals surface area contributed by atoms with Crippen LogP contribution in [0.25, 0.3) is 21.9 Å². The molecule has 3 N–H and O–H groups in total. The maximum absolute atomic E-state index is 10.7. The standard InChI is InChI=1S/C28H33N5O/c1-5-6-18(2)27-32-24-25(33(27)17-28(3,4)34)22-12-11-21(16-23(22)31-26(24)30)15-20-9-7-19(8-10-20)13-14-29/h7-12,16,18,34H,5-6,13,15,17H2,1-4H3,(H2,30,31). The molecule has 0 spiro atoms. The Hall–Kier alpha value is -3.43. The van der Waals surface area contributed by atoms with Crippen molar-refractivity contribution < 1.29 is 5.11 Å². The number of aliphatic hydroxyl groups is 1. The summed E-state index contributed by atoms with van der Waals surface area (Å²) in [6.07, 6.45) is 3.26. The number of pyridine rings is 1. The van der Waals surface area contributed by atoms with Crippen LogP contribution in [0.3, 0.4) is 0 Å². The van der Waals surface area contributed by atoms with E-state index in [1.807, 2.05) is 26.0 Å². The summed E-state index contributed by atoms with van der Waals surface area (Å²) in [6, 6.07) is 16.7. The Labute approximate surface area is 201 Å². The maximum Gasteiger partial charge on any atom is 0.152 e. The number of benzene rings is 2. The number of fused-ring (bicyclic) bond motifs is 3. The van der Waals surface area contributed by atoms with E-state index in [4.69, 9.17) is 21.0 Å². The van der Waals surface area contributed by atoms with Gasteiger partial charge < -0.3 is 15.4 Å². The first kappa shape index (κ1) is 23.7. The summed E-state index contributed by atoms with van der Waals surface area (Å²) < 4.78 is 2.14. The van der Waals surface area contributed by atoms with Crippen molar-refractivity contribution in [1.29, 1.82) is 5.26 Å². The fourth-order valence-electron chi connectivity index (χ4n) is 4.67. The molecule has 4 aromatic rings. The normalized spacial score (nSPS) is 12.8. The fraction of sp³-hybridized carbons (Fsp3) is 0.393. The lowest BCUT2D eigenvalue weighted by Gasteiger charge is -2.22. The van der Waals surface area contributed by atoms with E-state index in [1.165, 1.54) is 5.56 Å². The van der Waals surface area contributed by atoms with Crippen molar-refractivity contribution in [2.45, 2.75) is 71.4 Å². The second kappa shape index (κ2) is 9.44. The predicted octanol–water partition coefficient (Wildman–Crippen LogP) is 5.50. The molecule has 0 aliphatic carbocycles. The van der Waals surface area contributed by atoms with Crippen molar-refractivity contribution in [2.75, 3.05) is 5.73 Å². The molecule has 0 saturated heterocycles. The van der Waals surface area contributed by atoms with Crippen LogP contribution in [0.4, 0.5) is 5.82 Å². The van der Waals surface area contributed by atoms with Gasteiger partial charge in [0.25, 0.3) is 0 Å². The van der Waals surface area contributed by atoms with Gasteiger partial charge in [-0.2, -0.15) is 5.26 Å². The first-order valence-electron chi connectivity index (χ1n) is 12.0. The molecule has 1 atom stereocenters. The second-order valence-electron chi connectivity index (χ2n) is 9.93. The van der Waals surface area contributed by atoms with E-state index in [-0.39, 0.29) is 5.92 Å². The highest BCUT2D eigenvalue weighted by Crippen LogP contribution is 2.34. The molecule has 0 bridgehead atoms. The van der Waals surface area contributed by atoms with Crippen molar-refractivity contribution >= 4 is 27.8 Å². The highest BCUT2D eigenvalue weighted by molar-refractivity contribution is 6.06. The number of hydrogen-bond acceptors (Lipinski definition) is 5. The first-order valence-corrected chi connectivity index (χ1v) is 12.0. The molecule has 2 aromatic carbocycles. The second-order valence-corrected chi connectivity index (χ2v) is 9.93. The third kappa shape index (κ3) is 4.90. The van der Waals surface area contributed by atoms with Crippen molar-refractivity contribution in [1.82, 2.24) is 14.5 Å². The minimum atomic E-state index is -0.893. The monoisotopic (exact) mass is 455 g/mol. The number of imidazole rings is 1. The van der Waals surface area contributed by atoms with Crippen molar-refractivity contribution in [2.24, 2.45) is 0 Å². The first-order chi connectivity index (χ1) is 16.2. The number of nitrogens with zero attached hydrogens (tertiary/aromatic N) is 4. The SMILES string of the molecule is CCCC(C)c1nc2c(N)nc3cc(Cc4ccc(CC#N)cc4)ccc3c2n1CC(C)(C)O. The Kier molecular flexibility index (Phi) is 6.58. The number of aromatic nitrogens is 3. The van der Waals surface area contributed by atoms with E-state index in [2.05, 4.69) is 54.8 Å². The number of rotatable bonds is 8. The number of anilines is 1. The quantitative estimate of drug-likeness (QED) is 0.365. The van der Waals surface area contributed by atoms with Gasteiger partial charge in [-0.05, 0) is 49.4 Å². The Morgan fingerprint density at radius 1 is 1.09 bits per heavy atom. The van der Waals surface area contributed by atoms with E-state index in [0.717, 1.165) is 52.6 Å². The molecule has 0 fully saturated rings. The molecular formula is C28H33N5O. The van der Waals surface area contributed by atoms with E-state index < -0.39 is 5.60 Å². The van der Waals surface area contributed by atoms with Crippen LogP contribution in [0, 0.1) is 11.3 Å². The molecule has 0 aliphatic heterocycles. The molecule has 4 rings (SSSR count). The maximum atomic E-state index is 10.7. The zero-order chi connectivity index (χ0) is 24.5. The average Bonchev–Trinajstić information content (AvgIpc) is 3.14. The summed E-state index contributed by atoms with van der Waals surface area (Å²) in [4.78, 5) is 9.62. The highest BCUT2D eigenvalue weighted by Gasteiger charge is 2.24. The third-order valence-electron chi connectivity index (χ3n) is 6.22. The molecule has 6 nitrogen and oxygen atoms in total. The van der Waals surface area contributed by atoms with Crippen molar-refractivity contribution in [3.05, 3.63) is 65.0 Å². The van der Waals surface area contributed by atoms with Gasteiger partial charge in [0.05, 0.1) is 35.7 Å². The van der Waals surface area contributed by atoms with Crippen LogP contribution in [0.5, 0.6) is 0 Å². The Morgan fingerprint density at radius 3 is 2.41 bits per heavy atom. The lowest BCUT2D eigenvalue weighted by molar-refractivity contribution is 0.0615. The van der Waals surface area contributed by atoms with Crippen LogP contribution < -0.4 is 5.73 Å². The average molecular weight is 456 g/mol. The molecule has 0 saturated carbocycles. The van der Waals surface area contributed by atoms with Gasteiger partial charge >= 0.3 is 0 Å². The zero-order valence-electron chi connectivity index (χ0n) is 20.5. The van der Waals surface area contributed by atoms with Gasteiger partial charge in [-0.15, -0.1) is 0 Å². The number of nitriles is 1. The minimum Gasteiger partial charge on any atom is -0.389 e. The lowest BCUT2D eigenvalue weighted by Crippen LogP contribution is -2.27. The summed E-state index contributed by atoms with van der Waals surface area (Å²) in [5.74, 6) is 1.61. The Bertz CT molecular complexity index is 1360. The molecule has 34 heavy (non-hydrogen) atoms. The van der Waals surface area contributed by atoms with Gasteiger partial charge in [0.15, 0.2) is 5.82 Å². The van der Waals surface area contributed by atoms with Crippen LogP contribution >= 0.6 is 0 Å². The largest absolute Gasteiger partial charge is 0.389 e. The topological polar surface area (TPSA) is 101 Å². The van der Waals surface area contributed by atoms with Crippen LogP contribution in [0.2, 0.25) is 0 Å². The molecular weight excluding hydrogens is 422 g/mol. The van der Waals surface area contributed by atoms with Gasteiger partial charge in [0, 0.05) is 11.3 Å². The minimum absolute atomic E-state index is 0.248. The highest BCUT2D eigenvalue weighted by atomic mass is 16.3. The molecule has 0 radical (unpaired) electrons. The Morgan fingerprint density at radius 2 is 1.76 bits per heavy atom. The molecule has 0 aliphatic rings. The summed E-state index contributed by atoms with van der Waals surface area (Å²) >= 11 is 0. The van der Waals surface area contributed by atoms with Gasteiger partial charge in [0.1, 0.15) is 11.3 Å². The van der Waals surface area contributed by atoms with E-state index >= 15 is 0 Å². The third-order valence-corrected chi connectivity index (χ3v) is 6.22. The lowest BCUT2D eigenvalue weighted by atomic mass is 10.0. The Balaban J connectivity index is 1.81. The number of hydrogen-bond donors (Lipinski definition) is 2. The summed E-state index contributed by atoms with van der Waals surface area (Å²) in [7, 11) is 0. The molecule has 2 heterocycles. The van der Waals surface area contributed by atoms with Crippen molar-refractivity contribution in [3.8, 4) is 6.07 Å². The molecule has 2 aromatic heterocycles. The van der Waals surface area contributed by atoms with Crippen LogP contribution in [0.15, 0.2) is 42.5 Å². The fourth-order valence-corrected chi connectivity index (χ4v) is 4.67. The summed E-state index contributed by atoms with van der Waals surface area (Å²) in [5.41, 5.74) is 11.3. The van der Waals surface area contributed by atoms with Gasteiger partial charge in [-0.3, -0.25) is 0 Å². The van der Waals surface area contributed by atoms with Crippen LogP contribution in [-0.2, 0) is 19.4 Å². The summed E-state index contributed by atoms with van der Waals surface area (Å²) in [6.45, 7) is 8.42. The van der Waals surface area contributed by atoms with Gasteiger partial charge in [-0.1, -0.05) is 56.7 Å². The van der Waals surface area contributed by atoms with Gasteiger partial charge in [-0.25, -0.2) is 9.97 Å². The molecule has 1 unspecified atom stereocenters. The molecule has 0 amide bonds.